The summed E-state index contributed by atoms with van der Waals surface area (Å²) in [4.78, 5) is 10.3. The normalized spacial score (nSPS) is 33.4. The highest BCUT2D eigenvalue weighted by molar-refractivity contribution is 5.71. The molecule has 3 heteroatoms. The van der Waals surface area contributed by atoms with Gasteiger partial charge in [0, 0.05) is 7.11 Å². The van der Waals surface area contributed by atoms with Crippen molar-refractivity contribution in [1.82, 2.24) is 0 Å². The standard InChI is InChI=1S/C6H10O3/c1-9-5-3-2-4(5)6(7)8/h4-5H,2-3H2,1H3,(H,7,8). The molecule has 0 aliphatic heterocycles. The monoisotopic (exact) mass is 130 g/mol. The van der Waals surface area contributed by atoms with Gasteiger partial charge in [-0.15, -0.1) is 0 Å². The van der Waals surface area contributed by atoms with Gasteiger partial charge in [-0.1, -0.05) is 0 Å². The van der Waals surface area contributed by atoms with Crippen molar-refractivity contribution in [3.05, 3.63) is 0 Å². The summed E-state index contributed by atoms with van der Waals surface area (Å²) in [5.41, 5.74) is 0. The van der Waals surface area contributed by atoms with E-state index in [1.807, 2.05) is 0 Å². The van der Waals surface area contributed by atoms with Crippen molar-refractivity contribution in [2.45, 2.75) is 18.9 Å². The molecule has 0 saturated heterocycles. The van der Waals surface area contributed by atoms with Gasteiger partial charge < -0.3 is 9.84 Å². The van der Waals surface area contributed by atoms with Crippen LogP contribution in [0.25, 0.3) is 0 Å². The summed E-state index contributed by atoms with van der Waals surface area (Å²) in [6, 6.07) is 0. The zero-order chi connectivity index (χ0) is 6.85. The zero-order valence-electron chi connectivity index (χ0n) is 5.33. The number of hydrogen-bond acceptors (Lipinski definition) is 2. The second-order valence-electron chi connectivity index (χ2n) is 2.30. The largest absolute Gasteiger partial charge is 0.481 e. The molecule has 0 heterocycles. The molecule has 0 radical (unpaired) electrons. The topological polar surface area (TPSA) is 46.5 Å². The lowest BCUT2D eigenvalue weighted by atomic mass is 9.82. The number of ether oxygens (including phenoxy) is 1. The van der Waals surface area contributed by atoms with E-state index in [9.17, 15) is 4.79 Å². The fraction of sp³-hybridized carbons (Fsp3) is 0.833. The van der Waals surface area contributed by atoms with Crippen LogP contribution in [0, 0.1) is 5.92 Å². The van der Waals surface area contributed by atoms with Gasteiger partial charge in [0.1, 0.15) is 0 Å². The molecule has 1 aliphatic carbocycles. The molecule has 1 N–H and O–H groups in total. The van der Waals surface area contributed by atoms with Gasteiger partial charge in [0.2, 0.25) is 0 Å². The predicted molar refractivity (Wildman–Crippen MR) is 31.2 cm³/mol. The average molecular weight is 130 g/mol. The maximum absolute atomic E-state index is 10.3. The molecule has 3 nitrogen and oxygen atoms in total. The number of hydrogen-bond donors (Lipinski definition) is 1. The van der Waals surface area contributed by atoms with Crippen LogP contribution < -0.4 is 0 Å². The summed E-state index contributed by atoms with van der Waals surface area (Å²) in [5.74, 6) is -0.969. The lowest BCUT2D eigenvalue weighted by molar-refractivity contribution is -0.153. The lowest BCUT2D eigenvalue weighted by Gasteiger charge is -2.31. The van der Waals surface area contributed by atoms with E-state index in [0.717, 1.165) is 12.8 Å². The van der Waals surface area contributed by atoms with E-state index >= 15 is 0 Å². The zero-order valence-corrected chi connectivity index (χ0v) is 5.33. The van der Waals surface area contributed by atoms with Crippen molar-refractivity contribution in [1.29, 1.82) is 0 Å². The first-order valence-corrected chi connectivity index (χ1v) is 3.01. The van der Waals surface area contributed by atoms with Gasteiger partial charge in [-0.25, -0.2) is 0 Å². The van der Waals surface area contributed by atoms with Crippen molar-refractivity contribution >= 4 is 5.97 Å². The Morgan fingerprint density at radius 3 is 2.44 bits per heavy atom. The first-order valence-electron chi connectivity index (χ1n) is 3.01. The Morgan fingerprint density at radius 1 is 1.67 bits per heavy atom. The third-order valence-corrected chi connectivity index (χ3v) is 1.83. The first kappa shape index (κ1) is 6.55. The minimum Gasteiger partial charge on any atom is -0.481 e. The Kier molecular flexibility index (Phi) is 1.71. The summed E-state index contributed by atoms with van der Waals surface area (Å²) in [6.45, 7) is 0. The molecule has 1 aliphatic rings. The molecule has 1 saturated carbocycles. The molecule has 0 bridgehead atoms. The second-order valence-corrected chi connectivity index (χ2v) is 2.30. The van der Waals surface area contributed by atoms with Gasteiger partial charge in [0.25, 0.3) is 0 Å². The lowest BCUT2D eigenvalue weighted by Crippen LogP contribution is -2.38. The predicted octanol–water partition coefficient (Wildman–Crippen LogP) is 0.496. The molecule has 2 atom stereocenters. The third-order valence-electron chi connectivity index (χ3n) is 1.83. The van der Waals surface area contributed by atoms with Crippen molar-refractivity contribution < 1.29 is 14.6 Å². The van der Waals surface area contributed by atoms with Crippen LogP contribution in [0.5, 0.6) is 0 Å². The molecular weight excluding hydrogens is 120 g/mol. The molecule has 52 valence electrons. The van der Waals surface area contributed by atoms with Crippen LogP contribution in [0.4, 0.5) is 0 Å². The van der Waals surface area contributed by atoms with E-state index in [1.165, 1.54) is 0 Å². The molecule has 0 amide bonds. The van der Waals surface area contributed by atoms with Gasteiger partial charge in [-0.05, 0) is 12.8 Å². The van der Waals surface area contributed by atoms with Gasteiger partial charge in [-0.2, -0.15) is 0 Å². The van der Waals surface area contributed by atoms with E-state index in [4.69, 9.17) is 9.84 Å². The SMILES string of the molecule is COC1CCC1C(=O)O. The summed E-state index contributed by atoms with van der Waals surface area (Å²) in [6.07, 6.45) is 1.64. The molecule has 1 rings (SSSR count). The summed E-state index contributed by atoms with van der Waals surface area (Å²) in [5, 5.41) is 8.45. The maximum Gasteiger partial charge on any atom is 0.309 e. The minimum absolute atomic E-state index is 0.0255. The molecule has 0 aromatic rings. The third kappa shape index (κ3) is 1.05. The van der Waals surface area contributed by atoms with Crippen molar-refractivity contribution in [3.8, 4) is 0 Å². The van der Waals surface area contributed by atoms with E-state index in [2.05, 4.69) is 0 Å². The molecule has 1 fully saturated rings. The van der Waals surface area contributed by atoms with E-state index < -0.39 is 5.97 Å². The highest BCUT2D eigenvalue weighted by Gasteiger charge is 2.36. The Morgan fingerprint density at radius 2 is 2.33 bits per heavy atom. The molecule has 9 heavy (non-hydrogen) atoms. The highest BCUT2D eigenvalue weighted by atomic mass is 16.5. The Labute approximate surface area is 53.6 Å². The fourth-order valence-corrected chi connectivity index (χ4v) is 1.03. The fourth-order valence-electron chi connectivity index (χ4n) is 1.03. The number of carboxylic acids is 1. The number of rotatable bonds is 2. The molecular formula is C6H10O3. The quantitative estimate of drug-likeness (QED) is 0.592. The Balaban J connectivity index is 2.35. The van der Waals surface area contributed by atoms with Crippen molar-refractivity contribution in [2.75, 3.05) is 7.11 Å². The number of carboxylic acid groups (broad SMARTS) is 1. The number of carbonyl (C=O) groups is 1. The van der Waals surface area contributed by atoms with E-state index in [0.29, 0.717) is 0 Å². The van der Waals surface area contributed by atoms with Gasteiger partial charge >= 0.3 is 5.97 Å². The van der Waals surface area contributed by atoms with Crippen LogP contribution in [0.1, 0.15) is 12.8 Å². The second kappa shape index (κ2) is 2.35. The maximum atomic E-state index is 10.3. The molecule has 0 aromatic carbocycles. The van der Waals surface area contributed by atoms with Gasteiger partial charge in [0.05, 0.1) is 12.0 Å². The van der Waals surface area contributed by atoms with Crippen molar-refractivity contribution in [2.24, 2.45) is 5.92 Å². The van der Waals surface area contributed by atoms with Crippen molar-refractivity contribution in [3.63, 3.8) is 0 Å². The van der Waals surface area contributed by atoms with Crippen LogP contribution in [0.15, 0.2) is 0 Å². The van der Waals surface area contributed by atoms with Crippen LogP contribution in [-0.4, -0.2) is 24.3 Å². The summed E-state index contributed by atoms with van der Waals surface area (Å²) in [7, 11) is 1.56. The molecule has 0 aromatic heterocycles. The smallest absolute Gasteiger partial charge is 0.309 e. The van der Waals surface area contributed by atoms with Crippen LogP contribution in [0.3, 0.4) is 0 Å². The minimum atomic E-state index is -0.729. The summed E-state index contributed by atoms with van der Waals surface area (Å²) >= 11 is 0. The Bertz CT molecular complexity index is 119. The summed E-state index contributed by atoms with van der Waals surface area (Å²) < 4.78 is 4.88. The first-order chi connectivity index (χ1) is 4.25. The number of aliphatic carboxylic acids is 1. The van der Waals surface area contributed by atoms with Gasteiger partial charge in [-0.3, -0.25) is 4.79 Å². The highest BCUT2D eigenvalue weighted by Crippen LogP contribution is 2.29. The van der Waals surface area contributed by atoms with E-state index in [-0.39, 0.29) is 12.0 Å². The Hall–Kier alpha value is -0.570. The molecule has 2 unspecified atom stereocenters. The van der Waals surface area contributed by atoms with Crippen LogP contribution in [0.2, 0.25) is 0 Å². The van der Waals surface area contributed by atoms with E-state index in [1.54, 1.807) is 7.11 Å². The van der Waals surface area contributed by atoms with Crippen LogP contribution >= 0.6 is 0 Å². The van der Waals surface area contributed by atoms with Crippen LogP contribution in [-0.2, 0) is 9.53 Å². The average Bonchev–Trinajstić information content (AvgIpc) is 1.61. The van der Waals surface area contributed by atoms with Gasteiger partial charge in [0.15, 0.2) is 0 Å². The molecule has 0 spiro atoms. The number of methoxy groups -OCH3 is 1.